The molecule has 11 heteroatoms. The molecular formula is C8H16NO9P. The molecule has 1 fully saturated rings. The molecule has 1 aliphatic rings. The number of phosphoric ester groups is 1. The summed E-state index contributed by atoms with van der Waals surface area (Å²) >= 11 is 0. The summed E-state index contributed by atoms with van der Waals surface area (Å²) in [6.07, 6.45) is -6.17. The highest BCUT2D eigenvalue weighted by Crippen LogP contribution is 2.40. The molecule has 0 saturated carbocycles. The first-order chi connectivity index (χ1) is 8.65. The van der Waals surface area contributed by atoms with Crippen LogP contribution in [-0.4, -0.2) is 68.3 Å². The molecule has 0 radical (unpaired) electrons. The smallest absolute Gasteiger partial charge is 0.394 e. The van der Waals surface area contributed by atoms with Gasteiger partial charge < -0.3 is 35.2 Å². The quantitative estimate of drug-likeness (QED) is 0.297. The Balaban J connectivity index is 2.92. The second-order valence-corrected chi connectivity index (χ2v) is 5.22. The van der Waals surface area contributed by atoms with E-state index in [1.54, 1.807) is 0 Å². The molecule has 0 spiro atoms. The minimum Gasteiger partial charge on any atom is -0.394 e. The van der Waals surface area contributed by atoms with Gasteiger partial charge in [-0.3, -0.25) is 9.32 Å². The van der Waals surface area contributed by atoms with Gasteiger partial charge >= 0.3 is 7.82 Å². The molecule has 0 bridgehead atoms. The number of hydrogen-bond donors (Lipinski definition) is 6. The zero-order valence-corrected chi connectivity index (χ0v) is 10.8. The topological polar surface area (TPSA) is 166 Å². The second-order valence-electron chi connectivity index (χ2n) is 4.03. The molecule has 19 heavy (non-hydrogen) atoms. The zero-order valence-electron chi connectivity index (χ0n) is 9.91. The molecule has 0 aromatic rings. The predicted octanol–water partition coefficient (Wildman–Crippen LogP) is -2.96. The van der Waals surface area contributed by atoms with Gasteiger partial charge in [-0.1, -0.05) is 0 Å². The Kier molecular flexibility index (Phi) is 5.42. The Morgan fingerprint density at radius 3 is 2.37 bits per heavy atom. The van der Waals surface area contributed by atoms with Crippen molar-refractivity contribution in [2.75, 3.05) is 6.61 Å². The van der Waals surface area contributed by atoms with Crippen LogP contribution in [0, 0.1) is 0 Å². The van der Waals surface area contributed by atoms with Crippen LogP contribution in [-0.2, 0) is 18.6 Å². The Bertz CT molecular complexity index is 371. The van der Waals surface area contributed by atoms with Gasteiger partial charge in [0.1, 0.15) is 24.4 Å². The molecule has 5 unspecified atom stereocenters. The largest absolute Gasteiger partial charge is 0.472 e. The third kappa shape index (κ3) is 4.48. The Morgan fingerprint density at radius 1 is 1.37 bits per heavy atom. The van der Waals surface area contributed by atoms with Gasteiger partial charge in [0.2, 0.25) is 5.91 Å². The summed E-state index contributed by atoms with van der Waals surface area (Å²) in [4.78, 5) is 28.4. The lowest BCUT2D eigenvalue weighted by molar-refractivity contribution is -0.248. The first kappa shape index (κ1) is 16.5. The maximum absolute atomic E-state index is 11.0. The number of carbonyl (C=O) groups is 1. The van der Waals surface area contributed by atoms with Crippen LogP contribution in [0.5, 0.6) is 0 Å². The summed E-state index contributed by atoms with van der Waals surface area (Å²) in [6, 6.07) is -1.39. The molecule has 0 aromatic heterocycles. The van der Waals surface area contributed by atoms with Gasteiger partial charge in [-0.05, 0) is 0 Å². The number of aliphatic hydroxyl groups excluding tert-OH is 3. The molecule has 1 saturated heterocycles. The Hall–Kier alpha value is -0.580. The molecule has 6 N–H and O–H groups in total. The maximum Gasteiger partial charge on any atom is 0.472 e. The van der Waals surface area contributed by atoms with Crippen LogP contribution in [0.4, 0.5) is 0 Å². The van der Waals surface area contributed by atoms with Crippen molar-refractivity contribution in [1.29, 1.82) is 0 Å². The molecule has 10 nitrogen and oxygen atoms in total. The number of hydrogen-bond acceptors (Lipinski definition) is 7. The van der Waals surface area contributed by atoms with E-state index in [2.05, 4.69) is 9.84 Å². The number of phosphoric acid groups is 1. The van der Waals surface area contributed by atoms with Gasteiger partial charge in [-0.2, -0.15) is 0 Å². The third-order valence-electron chi connectivity index (χ3n) is 2.49. The fraction of sp³-hybridized carbons (Fsp3) is 0.875. The molecule has 5 atom stereocenters. The van der Waals surface area contributed by atoms with Gasteiger partial charge in [0.15, 0.2) is 6.29 Å². The summed E-state index contributed by atoms with van der Waals surface area (Å²) in [5.41, 5.74) is 0. The number of rotatable bonds is 4. The normalized spacial score (nSPS) is 36.0. The summed E-state index contributed by atoms with van der Waals surface area (Å²) in [5, 5.41) is 30.5. The van der Waals surface area contributed by atoms with Crippen LogP contribution in [0.3, 0.4) is 0 Å². The monoisotopic (exact) mass is 301 g/mol. The van der Waals surface area contributed by atoms with E-state index in [0.29, 0.717) is 0 Å². The average molecular weight is 301 g/mol. The molecule has 0 aliphatic carbocycles. The van der Waals surface area contributed by atoms with E-state index in [-0.39, 0.29) is 0 Å². The SMILES string of the molecule is CC(=O)NC1C(OP(=O)(O)O)OC(CO)C(O)C1O. The lowest BCUT2D eigenvalue weighted by Crippen LogP contribution is -2.64. The van der Waals surface area contributed by atoms with Gasteiger partial charge in [0, 0.05) is 6.92 Å². The van der Waals surface area contributed by atoms with Crippen molar-refractivity contribution in [2.24, 2.45) is 0 Å². The van der Waals surface area contributed by atoms with Crippen LogP contribution in [0.2, 0.25) is 0 Å². The van der Waals surface area contributed by atoms with Crippen molar-refractivity contribution in [3.8, 4) is 0 Å². The first-order valence-corrected chi connectivity index (χ1v) is 6.82. The van der Waals surface area contributed by atoms with Gasteiger partial charge in [-0.25, -0.2) is 4.57 Å². The first-order valence-electron chi connectivity index (χ1n) is 5.29. The van der Waals surface area contributed by atoms with E-state index in [9.17, 15) is 19.6 Å². The van der Waals surface area contributed by atoms with Crippen LogP contribution in [0.15, 0.2) is 0 Å². The molecule has 1 amide bonds. The zero-order chi connectivity index (χ0) is 14.8. The predicted molar refractivity (Wildman–Crippen MR) is 58.5 cm³/mol. The fourth-order valence-electron chi connectivity index (χ4n) is 1.70. The summed E-state index contributed by atoms with van der Waals surface area (Å²) in [5.74, 6) is -0.624. The highest BCUT2D eigenvalue weighted by Gasteiger charge is 2.47. The van der Waals surface area contributed by atoms with E-state index < -0.39 is 51.0 Å². The van der Waals surface area contributed by atoms with Crippen molar-refractivity contribution < 1.29 is 43.7 Å². The van der Waals surface area contributed by atoms with E-state index >= 15 is 0 Å². The van der Waals surface area contributed by atoms with E-state index in [1.807, 2.05) is 0 Å². The molecule has 112 valence electrons. The molecule has 0 aromatic carbocycles. The van der Waals surface area contributed by atoms with Crippen molar-refractivity contribution in [1.82, 2.24) is 5.32 Å². The van der Waals surface area contributed by atoms with Gasteiger partial charge in [-0.15, -0.1) is 0 Å². The van der Waals surface area contributed by atoms with Gasteiger partial charge in [0.05, 0.1) is 6.61 Å². The summed E-state index contributed by atoms with van der Waals surface area (Å²) < 4.78 is 20.0. The maximum atomic E-state index is 11.0. The average Bonchev–Trinajstić information content (AvgIpc) is 2.26. The summed E-state index contributed by atoms with van der Waals surface area (Å²) in [7, 11) is -4.95. The Morgan fingerprint density at radius 2 is 1.95 bits per heavy atom. The van der Waals surface area contributed by atoms with E-state index in [4.69, 9.17) is 19.6 Å². The Labute approximate surface area is 108 Å². The number of aliphatic hydroxyl groups is 3. The highest BCUT2D eigenvalue weighted by molar-refractivity contribution is 7.46. The van der Waals surface area contributed by atoms with Crippen molar-refractivity contribution in [2.45, 2.75) is 37.6 Å². The number of carbonyl (C=O) groups excluding carboxylic acids is 1. The van der Waals surface area contributed by atoms with Crippen LogP contribution < -0.4 is 5.32 Å². The molecular weight excluding hydrogens is 285 g/mol. The van der Waals surface area contributed by atoms with Crippen molar-refractivity contribution >= 4 is 13.7 Å². The minimum atomic E-state index is -4.95. The highest BCUT2D eigenvalue weighted by atomic mass is 31.2. The van der Waals surface area contributed by atoms with E-state index in [0.717, 1.165) is 6.92 Å². The lowest BCUT2D eigenvalue weighted by Gasteiger charge is -2.41. The third-order valence-corrected chi connectivity index (χ3v) is 2.97. The number of nitrogens with one attached hydrogen (secondary N) is 1. The lowest BCUT2D eigenvalue weighted by atomic mass is 9.97. The van der Waals surface area contributed by atoms with Crippen molar-refractivity contribution in [3.05, 3.63) is 0 Å². The standard InChI is InChI=1S/C8H16NO9P/c1-3(11)9-5-7(13)6(12)4(2-10)17-8(5)18-19(14,15)16/h4-8,10,12-13H,2H2,1H3,(H,9,11)(H2,14,15,16). The van der Waals surface area contributed by atoms with Crippen molar-refractivity contribution in [3.63, 3.8) is 0 Å². The number of amides is 1. The van der Waals surface area contributed by atoms with Crippen LogP contribution in [0.25, 0.3) is 0 Å². The molecule has 1 rings (SSSR count). The molecule has 1 aliphatic heterocycles. The number of ether oxygens (including phenoxy) is 1. The van der Waals surface area contributed by atoms with Crippen LogP contribution >= 0.6 is 7.82 Å². The second kappa shape index (κ2) is 6.25. The van der Waals surface area contributed by atoms with Crippen LogP contribution in [0.1, 0.15) is 6.92 Å². The molecule has 1 heterocycles. The summed E-state index contributed by atoms with van der Waals surface area (Å²) in [6.45, 7) is 0.401. The van der Waals surface area contributed by atoms with Gasteiger partial charge in [0.25, 0.3) is 0 Å². The van der Waals surface area contributed by atoms with E-state index in [1.165, 1.54) is 0 Å². The minimum absolute atomic E-state index is 0.624. The fourth-order valence-corrected chi connectivity index (χ4v) is 2.15.